The molecule has 44 valence electrons. The summed E-state index contributed by atoms with van der Waals surface area (Å²) in [7, 11) is 4.05. The molecule has 0 aliphatic heterocycles. The summed E-state index contributed by atoms with van der Waals surface area (Å²) in [4.78, 5) is 2.10. The molecule has 2 N–H and O–H groups in total. The van der Waals surface area contributed by atoms with Gasteiger partial charge in [-0.3, -0.25) is 0 Å². The van der Waals surface area contributed by atoms with E-state index in [0.717, 1.165) is 6.54 Å². The Morgan fingerprint density at radius 2 is 2.00 bits per heavy atom. The summed E-state index contributed by atoms with van der Waals surface area (Å²) < 4.78 is 0. The van der Waals surface area contributed by atoms with Gasteiger partial charge in [-0.1, -0.05) is 0 Å². The number of hydrogen-bond donors (Lipinski definition) is 1. The Morgan fingerprint density at radius 3 is 2.00 bits per heavy atom. The second-order valence-corrected chi connectivity index (χ2v) is 2.05. The van der Waals surface area contributed by atoms with E-state index in [1.165, 1.54) is 0 Å². The maximum Gasteiger partial charge on any atom is 0.0184 e. The molecular weight excluding hydrogens is 88.1 g/mol. The van der Waals surface area contributed by atoms with Crippen molar-refractivity contribution in [3.63, 3.8) is 0 Å². The zero-order valence-corrected chi connectivity index (χ0v) is 5.31. The van der Waals surface area contributed by atoms with E-state index in [2.05, 4.69) is 11.8 Å². The van der Waals surface area contributed by atoms with Gasteiger partial charge >= 0.3 is 0 Å². The summed E-state index contributed by atoms with van der Waals surface area (Å²) in [5.74, 6) is 0. The van der Waals surface area contributed by atoms with Gasteiger partial charge in [0, 0.05) is 12.6 Å². The van der Waals surface area contributed by atoms with Crippen LogP contribution in [0.2, 0.25) is 0 Å². The lowest BCUT2D eigenvalue weighted by Gasteiger charge is -2.16. The molecule has 0 heterocycles. The van der Waals surface area contributed by atoms with Crippen molar-refractivity contribution in [3.05, 3.63) is 0 Å². The van der Waals surface area contributed by atoms with Crippen LogP contribution < -0.4 is 5.73 Å². The Kier molecular flexibility index (Phi) is 2.96. The molecule has 0 amide bonds. The van der Waals surface area contributed by atoms with Crippen molar-refractivity contribution < 1.29 is 0 Å². The highest BCUT2D eigenvalue weighted by Crippen LogP contribution is 1.84. The van der Waals surface area contributed by atoms with Crippen LogP contribution in [0.15, 0.2) is 0 Å². The average Bonchev–Trinajstić information content (AvgIpc) is 1.65. The van der Waals surface area contributed by atoms with E-state index in [-0.39, 0.29) is 0 Å². The molecule has 0 aliphatic carbocycles. The fourth-order valence-corrected chi connectivity index (χ4v) is 0.211. The van der Waals surface area contributed by atoms with Gasteiger partial charge in [-0.15, -0.1) is 0 Å². The van der Waals surface area contributed by atoms with Gasteiger partial charge in [0.05, 0.1) is 0 Å². The monoisotopic (exact) mass is 102 g/mol. The molecule has 0 aromatic carbocycles. The summed E-state index contributed by atoms with van der Waals surface area (Å²) in [5, 5.41) is 0. The number of likely N-dealkylation sites (N-methyl/N-ethyl adjacent to an activating group) is 1. The minimum atomic E-state index is 0.514. The minimum absolute atomic E-state index is 0.514. The maximum atomic E-state index is 5.33. The molecule has 0 aromatic heterocycles. The van der Waals surface area contributed by atoms with Crippen LogP contribution in [0.4, 0.5) is 0 Å². The molecule has 0 bridgehead atoms. The first-order valence-corrected chi connectivity index (χ1v) is 2.55. The topological polar surface area (TPSA) is 29.3 Å². The second-order valence-electron chi connectivity index (χ2n) is 2.05. The summed E-state index contributed by atoms with van der Waals surface area (Å²) >= 11 is 0. The standard InChI is InChI=1S/C5H14N2/c1-5(4-6)7(2)3/h5H,4,6H2,1-3H3/t5-/m0/s1. The number of hydrogen-bond acceptors (Lipinski definition) is 2. The average molecular weight is 102 g/mol. The quantitative estimate of drug-likeness (QED) is 0.527. The molecule has 0 saturated heterocycles. The van der Waals surface area contributed by atoms with Crippen molar-refractivity contribution >= 4 is 0 Å². The SMILES string of the molecule is C[C@@H](CN)N(C)C. The van der Waals surface area contributed by atoms with Crippen LogP contribution in [0.5, 0.6) is 0 Å². The first-order valence-electron chi connectivity index (χ1n) is 2.55. The summed E-state index contributed by atoms with van der Waals surface area (Å²) in [6, 6.07) is 0.514. The molecule has 0 unspecified atom stereocenters. The summed E-state index contributed by atoms with van der Waals surface area (Å²) in [6.45, 7) is 2.84. The van der Waals surface area contributed by atoms with Gasteiger partial charge in [0.2, 0.25) is 0 Å². The van der Waals surface area contributed by atoms with Crippen molar-refractivity contribution in [1.82, 2.24) is 4.90 Å². The Morgan fingerprint density at radius 1 is 1.57 bits per heavy atom. The van der Waals surface area contributed by atoms with Gasteiger partial charge in [-0.25, -0.2) is 0 Å². The molecule has 2 nitrogen and oxygen atoms in total. The molecule has 0 aromatic rings. The maximum absolute atomic E-state index is 5.33. The lowest BCUT2D eigenvalue weighted by molar-refractivity contribution is 0.320. The third kappa shape index (κ3) is 2.60. The Balaban J connectivity index is 3.14. The fourth-order valence-electron chi connectivity index (χ4n) is 0.211. The van der Waals surface area contributed by atoms with E-state index >= 15 is 0 Å². The zero-order valence-electron chi connectivity index (χ0n) is 5.31. The van der Waals surface area contributed by atoms with Gasteiger partial charge in [0.15, 0.2) is 0 Å². The highest BCUT2D eigenvalue weighted by molar-refractivity contribution is 4.57. The minimum Gasteiger partial charge on any atom is -0.329 e. The Labute approximate surface area is 45.3 Å². The van der Waals surface area contributed by atoms with Gasteiger partial charge in [-0.2, -0.15) is 0 Å². The van der Waals surface area contributed by atoms with E-state index in [9.17, 15) is 0 Å². The van der Waals surface area contributed by atoms with E-state index < -0.39 is 0 Å². The van der Waals surface area contributed by atoms with Crippen molar-refractivity contribution in [3.8, 4) is 0 Å². The van der Waals surface area contributed by atoms with Crippen molar-refractivity contribution in [2.24, 2.45) is 5.73 Å². The summed E-state index contributed by atoms with van der Waals surface area (Å²) in [6.07, 6.45) is 0. The van der Waals surface area contributed by atoms with Crippen LogP contribution in [-0.2, 0) is 0 Å². The number of nitrogens with two attached hydrogens (primary N) is 1. The van der Waals surface area contributed by atoms with Crippen LogP contribution in [-0.4, -0.2) is 31.6 Å². The fraction of sp³-hybridized carbons (Fsp3) is 1.00. The Bertz CT molecular complexity index is 43.3. The molecule has 0 radical (unpaired) electrons. The molecule has 2 heteroatoms. The van der Waals surface area contributed by atoms with E-state index in [1.807, 2.05) is 14.1 Å². The Hall–Kier alpha value is -0.0800. The van der Waals surface area contributed by atoms with Gasteiger partial charge < -0.3 is 10.6 Å². The van der Waals surface area contributed by atoms with Crippen molar-refractivity contribution in [2.75, 3.05) is 20.6 Å². The summed E-state index contributed by atoms with van der Waals surface area (Å²) in [5.41, 5.74) is 5.33. The van der Waals surface area contributed by atoms with Crippen LogP contribution in [0.1, 0.15) is 6.92 Å². The van der Waals surface area contributed by atoms with E-state index in [4.69, 9.17) is 5.73 Å². The molecule has 7 heavy (non-hydrogen) atoms. The van der Waals surface area contributed by atoms with E-state index in [1.54, 1.807) is 0 Å². The predicted molar refractivity (Wildman–Crippen MR) is 32.2 cm³/mol. The largest absolute Gasteiger partial charge is 0.329 e. The lowest BCUT2D eigenvalue weighted by atomic mass is 10.3. The second kappa shape index (κ2) is 2.99. The van der Waals surface area contributed by atoms with Crippen LogP contribution in [0.3, 0.4) is 0 Å². The smallest absolute Gasteiger partial charge is 0.0184 e. The molecule has 0 rings (SSSR count). The van der Waals surface area contributed by atoms with Crippen molar-refractivity contribution in [2.45, 2.75) is 13.0 Å². The predicted octanol–water partition coefficient (Wildman–Crippen LogP) is -0.105. The van der Waals surface area contributed by atoms with Gasteiger partial charge in [0.1, 0.15) is 0 Å². The van der Waals surface area contributed by atoms with Crippen LogP contribution in [0, 0.1) is 0 Å². The molecule has 0 aliphatic rings. The normalized spacial score (nSPS) is 15.0. The highest BCUT2D eigenvalue weighted by Gasteiger charge is 1.97. The highest BCUT2D eigenvalue weighted by atomic mass is 15.1. The molecule has 1 atom stereocenters. The molecule has 0 saturated carbocycles. The first kappa shape index (κ1) is 6.92. The van der Waals surface area contributed by atoms with Gasteiger partial charge in [0.25, 0.3) is 0 Å². The molecule has 0 spiro atoms. The third-order valence-electron chi connectivity index (χ3n) is 1.22. The van der Waals surface area contributed by atoms with Crippen molar-refractivity contribution in [1.29, 1.82) is 0 Å². The van der Waals surface area contributed by atoms with Crippen LogP contribution in [0.25, 0.3) is 0 Å². The number of nitrogens with zero attached hydrogens (tertiary/aromatic N) is 1. The van der Waals surface area contributed by atoms with Crippen LogP contribution >= 0.6 is 0 Å². The molecule has 0 fully saturated rings. The van der Waals surface area contributed by atoms with Gasteiger partial charge in [-0.05, 0) is 21.0 Å². The van der Waals surface area contributed by atoms with E-state index in [0.29, 0.717) is 6.04 Å². The first-order chi connectivity index (χ1) is 3.18. The molecular formula is C5H14N2. The third-order valence-corrected chi connectivity index (χ3v) is 1.22. The zero-order chi connectivity index (χ0) is 5.86. The lowest BCUT2D eigenvalue weighted by Crippen LogP contribution is -2.31. The number of rotatable bonds is 2.